The summed E-state index contributed by atoms with van der Waals surface area (Å²) in [5, 5.41) is 15.5. The molecule has 0 aliphatic carbocycles. The van der Waals surface area contributed by atoms with E-state index in [1.165, 1.54) is 0 Å². The Labute approximate surface area is 214 Å². The topological polar surface area (TPSA) is 97.6 Å². The van der Waals surface area contributed by atoms with Gasteiger partial charge in [-0.25, -0.2) is 9.78 Å². The highest BCUT2D eigenvalue weighted by molar-refractivity contribution is 6.40. The van der Waals surface area contributed by atoms with Crippen LogP contribution >= 0.6 is 23.2 Å². The van der Waals surface area contributed by atoms with Crippen molar-refractivity contribution in [1.29, 1.82) is 0 Å². The molecule has 2 aromatic carbocycles. The lowest BCUT2D eigenvalue weighted by atomic mass is 10.00. The van der Waals surface area contributed by atoms with Crippen molar-refractivity contribution in [2.75, 3.05) is 6.54 Å². The number of aliphatic hydroxyl groups excluding tert-OH is 1. The van der Waals surface area contributed by atoms with Crippen LogP contribution in [0.25, 0.3) is 0 Å². The summed E-state index contributed by atoms with van der Waals surface area (Å²) >= 11 is 12.3. The molecule has 1 saturated heterocycles. The molecule has 0 radical (unpaired) electrons. The molecule has 0 saturated carbocycles. The maximum absolute atomic E-state index is 11.7. The molecule has 10 heteroatoms. The van der Waals surface area contributed by atoms with Gasteiger partial charge in [-0.15, -0.1) is 0 Å². The van der Waals surface area contributed by atoms with Gasteiger partial charge in [0.2, 0.25) is 0 Å². The molecule has 186 valence electrons. The van der Waals surface area contributed by atoms with E-state index in [9.17, 15) is 9.90 Å². The Bertz CT molecular complexity index is 1120. The number of hydrogen-bond acceptors (Lipinski definition) is 5. The molecule has 1 aliphatic rings. The minimum atomic E-state index is -0.598. The molecule has 8 nitrogen and oxygen atoms in total. The number of carbonyl (C=O) groups excluding carboxylic acids is 1. The Morgan fingerprint density at radius 2 is 1.74 bits per heavy atom. The first kappa shape index (κ1) is 25.5. The first-order valence-electron chi connectivity index (χ1n) is 11.4. The van der Waals surface area contributed by atoms with Crippen molar-refractivity contribution in [3.63, 3.8) is 0 Å². The number of halogens is 2. The van der Waals surface area contributed by atoms with Gasteiger partial charge in [0.15, 0.2) is 11.4 Å². The highest BCUT2D eigenvalue weighted by Gasteiger charge is 2.32. The second-order valence-electron chi connectivity index (χ2n) is 8.28. The van der Waals surface area contributed by atoms with Gasteiger partial charge in [0.05, 0.1) is 31.7 Å². The second kappa shape index (κ2) is 11.9. The minimum absolute atomic E-state index is 0.0125. The third-order valence-electron chi connectivity index (χ3n) is 5.79. The second-order valence-corrected chi connectivity index (χ2v) is 9.00. The average Bonchev–Trinajstić information content (AvgIpc) is 3.20. The quantitative estimate of drug-likeness (QED) is 0.399. The first-order valence-corrected chi connectivity index (χ1v) is 12.2. The number of ether oxygens (including phenoxy) is 2. The molecule has 2 amide bonds. The highest BCUT2D eigenvalue weighted by atomic mass is 35.5. The SMILES string of the molecule is CCNC(=O)NCc1ccc(C2O[C@H](Cn3cnc(Cl)c3Cl)C[C@H](c3ccc(CO)cc3)O2)cc1. The van der Waals surface area contributed by atoms with E-state index in [0.717, 1.165) is 22.3 Å². The molecule has 4 rings (SSSR count). The molecule has 3 N–H and O–H groups in total. The predicted molar refractivity (Wildman–Crippen MR) is 133 cm³/mol. The molecular weight excluding hydrogens is 491 g/mol. The van der Waals surface area contributed by atoms with Crippen molar-refractivity contribution in [3.05, 3.63) is 87.4 Å². The van der Waals surface area contributed by atoms with E-state index >= 15 is 0 Å². The summed E-state index contributed by atoms with van der Waals surface area (Å²) in [7, 11) is 0. The fourth-order valence-electron chi connectivity index (χ4n) is 3.92. The van der Waals surface area contributed by atoms with E-state index in [0.29, 0.717) is 31.2 Å². The Morgan fingerprint density at radius 3 is 2.37 bits per heavy atom. The molecule has 1 aliphatic heterocycles. The zero-order chi connectivity index (χ0) is 24.8. The summed E-state index contributed by atoms with van der Waals surface area (Å²) < 4.78 is 14.4. The molecule has 3 aromatic rings. The standard InChI is InChI=1S/C25H28Cl2N4O4/c1-2-28-25(33)29-12-16-3-9-19(10-4-16)24-34-20(13-31-15-30-22(26)23(31)27)11-21(35-24)18-7-5-17(14-32)6-8-18/h3-10,15,20-21,24,32H,2,11-14H2,1H3,(H2,28,29,33)/t20-,21+,24?/m0/s1. The highest BCUT2D eigenvalue weighted by Crippen LogP contribution is 2.38. The van der Waals surface area contributed by atoms with E-state index in [2.05, 4.69) is 15.6 Å². The fraction of sp³-hybridized carbons (Fsp3) is 0.360. The summed E-state index contributed by atoms with van der Waals surface area (Å²) in [4.78, 5) is 15.7. The van der Waals surface area contributed by atoms with Crippen LogP contribution in [0.2, 0.25) is 10.3 Å². The molecule has 2 heterocycles. The summed E-state index contributed by atoms with van der Waals surface area (Å²) in [6.45, 7) is 3.32. The number of aromatic nitrogens is 2. The normalized spacial score (nSPS) is 19.9. The maximum atomic E-state index is 11.7. The van der Waals surface area contributed by atoms with Gasteiger partial charge in [0.25, 0.3) is 0 Å². The average molecular weight is 519 g/mol. The zero-order valence-electron chi connectivity index (χ0n) is 19.3. The van der Waals surface area contributed by atoms with Crippen LogP contribution in [0.5, 0.6) is 0 Å². The van der Waals surface area contributed by atoms with Crippen LogP contribution in [0.3, 0.4) is 0 Å². The molecule has 1 unspecified atom stereocenters. The van der Waals surface area contributed by atoms with Gasteiger partial charge in [-0.2, -0.15) is 0 Å². The van der Waals surface area contributed by atoms with E-state index in [-0.39, 0.29) is 30.0 Å². The van der Waals surface area contributed by atoms with Gasteiger partial charge >= 0.3 is 6.03 Å². The van der Waals surface area contributed by atoms with Gasteiger partial charge < -0.3 is 29.8 Å². The van der Waals surface area contributed by atoms with Gasteiger partial charge in [-0.05, 0) is 23.6 Å². The number of hydrogen-bond donors (Lipinski definition) is 3. The van der Waals surface area contributed by atoms with Crippen molar-refractivity contribution in [3.8, 4) is 0 Å². The van der Waals surface area contributed by atoms with Crippen molar-refractivity contribution in [2.24, 2.45) is 0 Å². The molecular formula is C25H28Cl2N4O4. The van der Waals surface area contributed by atoms with E-state index in [1.54, 1.807) is 10.9 Å². The third-order valence-corrected chi connectivity index (χ3v) is 6.56. The number of imidazole rings is 1. The molecule has 3 atom stereocenters. The Kier molecular flexibility index (Phi) is 8.64. The summed E-state index contributed by atoms with van der Waals surface area (Å²) in [5.74, 6) is 0. The van der Waals surface area contributed by atoms with Crippen LogP contribution in [-0.4, -0.2) is 33.3 Å². The number of nitrogens with zero attached hydrogens (tertiary/aromatic N) is 2. The molecule has 1 fully saturated rings. The number of benzene rings is 2. The van der Waals surface area contributed by atoms with Crippen molar-refractivity contribution in [1.82, 2.24) is 20.2 Å². The van der Waals surface area contributed by atoms with Crippen LogP contribution in [0.4, 0.5) is 4.79 Å². The first-order chi connectivity index (χ1) is 17.0. The monoisotopic (exact) mass is 518 g/mol. The van der Waals surface area contributed by atoms with Crippen molar-refractivity contribution >= 4 is 29.2 Å². The van der Waals surface area contributed by atoms with E-state index in [4.69, 9.17) is 32.7 Å². The van der Waals surface area contributed by atoms with E-state index < -0.39 is 6.29 Å². The molecule has 35 heavy (non-hydrogen) atoms. The van der Waals surface area contributed by atoms with Gasteiger partial charge in [0, 0.05) is 25.1 Å². The smallest absolute Gasteiger partial charge is 0.315 e. The van der Waals surface area contributed by atoms with Crippen LogP contribution in [0.15, 0.2) is 54.9 Å². The van der Waals surface area contributed by atoms with Gasteiger partial charge in [-0.1, -0.05) is 71.7 Å². The Morgan fingerprint density at radius 1 is 1.06 bits per heavy atom. The molecule has 0 bridgehead atoms. The maximum Gasteiger partial charge on any atom is 0.315 e. The van der Waals surface area contributed by atoms with Crippen LogP contribution < -0.4 is 10.6 Å². The Balaban J connectivity index is 1.51. The lowest BCUT2D eigenvalue weighted by Crippen LogP contribution is -2.34. The van der Waals surface area contributed by atoms with Crippen LogP contribution in [-0.2, 0) is 29.2 Å². The van der Waals surface area contributed by atoms with Crippen molar-refractivity contribution < 1.29 is 19.4 Å². The number of carbonyl (C=O) groups is 1. The number of rotatable bonds is 8. The fourth-order valence-corrected chi connectivity index (χ4v) is 4.23. The van der Waals surface area contributed by atoms with Crippen LogP contribution in [0, 0.1) is 0 Å². The lowest BCUT2D eigenvalue weighted by Gasteiger charge is -2.36. The third kappa shape index (κ3) is 6.54. The Hall–Kier alpha value is -2.62. The minimum Gasteiger partial charge on any atom is -0.392 e. The lowest BCUT2D eigenvalue weighted by molar-refractivity contribution is -0.252. The van der Waals surface area contributed by atoms with E-state index in [1.807, 2.05) is 55.5 Å². The molecule has 1 aromatic heterocycles. The van der Waals surface area contributed by atoms with Gasteiger partial charge in [-0.3, -0.25) is 0 Å². The van der Waals surface area contributed by atoms with Gasteiger partial charge in [0.1, 0.15) is 5.15 Å². The number of urea groups is 1. The summed E-state index contributed by atoms with van der Waals surface area (Å²) in [6, 6.07) is 15.3. The number of aliphatic hydroxyl groups is 1. The predicted octanol–water partition coefficient (Wildman–Crippen LogP) is 4.75. The zero-order valence-corrected chi connectivity index (χ0v) is 20.8. The van der Waals surface area contributed by atoms with Crippen molar-refractivity contribution in [2.45, 2.75) is 51.5 Å². The number of amides is 2. The summed E-state index contributed by atoms with van der Waals surface area (Å²) in [6.07, 6.45) is 1.18. The largest absolute Gasteiger partial charge is 0.392 e. The summed E-state index contributed by atoms with van der Waals surface area (Å²) in [5.41, 5.74) is 3.66. The number of nitrogens with one attached hydrogen (secondary N) is 2. The molecule has 0 spiro atoms. The van der Waals surface area contributed by atoms with Crippen LogP contribution in [0.1, 0.15) is 48.0 Å².